The van der Waals surface area contributed by atoms with Gasteiger partial charge < -0.3 is 13.8 Å². The third-order valence-corrected chi connectivity index (χ3v) is 6.87. The lowest BCUT2D eigenvalue weighted by molar-refractivity contribution is 0.0696. The highest BCUT2D eigenvalue weighted by molar-refractivity contribution is 6.30. The van der Waals surface area contributed by atoms with Crippen LogP contribution in [0.5, 0.6) is 0 Å². The first kappa shape index (κ1) is 22.1. The molecule has 0 saturated carbocycles. The summed E-state index contributed by atoms with van der Waals surface area (Å²) in [5.41, 5.74) is 5.91. The molecule has 1 aliphatic rings. The molecule has 0 amide bonds. The number of rotatable bonds is 5. The molecule has 1 atom stereocenters. The summed E-state index contributed by atoms with van der Waals surface area (Å²) < 4.78 is 27.4. The van der Waals surface area contributed by atoms with E-state index in [0.717, 1.165) is 71.1 Å². The van der Waals surface area contributed by atoms with Gasteiger partial charge in [-0.25, -0.2) is 9.37 Å². The molecule has 5 nitrogen and oxygen atoms in total. The highest BCUT2D eigenvalue weighted by Crippen LogP contribution is 2.35. The fraction of sp³-hybridized carbons (Fsp3) is 0.385. The second kappa shape index (κ2) is 8.92. The molecule has 0 aliphatic carbocycles. The summed E-state index contributed by atoms with van der Waals surface area (Å²) in [4.78, 5) is 5.11. The number of ether oxygens (including phenoxy) is 1. The van der Waals surface area contributed by atoms with Gasteiger partial charge in [-0.3, -0.25) is 0 Å². The molecule has 7 heteroatoms. The van der Waals surface area contributed by atoms with Gasteiger partial charge in [0.05, 0.1) is 21.7 Å². The van der Waals surface area contributed by atoms with Crippen molar-refractivity contribution in [3.63, 3.8) is 0 Å². The second-order valence-electron chi connectivity index (χ2n) is 8.94. The Kier molecular flexibility index (Phi) is 5.97. The molecule has 5 rings (SSSR count). The number of aryl methyl sites for hydroxylation is 2. The standard InChI is InChI=1S/C26H27ClFN3O2/c1-15(12-18-4-6-21(27)22(28)13-18)26-29-23-14-19(25-16(2)30-33-17(25)3)5-7-24(23)31(26)20-8-10-32-11-9-20/h4-7,13-15,20H,8-12H2,1-3H3/t15-/m1/s1. The maximum atomic E-state index is 14.0. The molecule has 172 valence electrons. The van der Waals surface area contributed by atoms with Crippen LogP contribution in [0.15, 0.2) is 40.9 Å². The molecule has 0 bridgehead atoms. The predicted molar refractivity (Wildman–Crippen MR) is 127 cm³/mol. The van der Waals surface area contributed by atoms with Crippen molar-refractivity contribution in [1.29, 1.82) is 0 Å². The number of aromatic nitrogens is 3. The Morgan fingerprint density at radius 2 is 1.94 bits per heavy atom. The zero-order valence-electron chi connectivity index (χ0n) is 19.1. The maximum absolute atomic E-state index is 14.0. The van der Waals surface area contributed by atoms with Crippen LogP contribution >= 0.6 is 11.6 Å². The molecular formula is C26H27ClFN3O2. The molecule has 3 heterocycles. The minimum Gasteiger partial charge on any atom is -0.381 e. The summed E-state index contributed by atoms with van der Waals surface area (Å²) in [5.74, 6) is 1.53. The molecule has 0 unspecified atom stereocenters. The first-order valence-electron chi connectivity index (χ1n) is 11.4. The van der Waals surface area contributed by atoms with Gasteiger partial charge in [-0.15, -0.1) is 0 Å². The van der Waals surface area contributed by atoms with Crippen molar-refractivity contribution in [3.05, 3.63) is 70.1 Å². The molecule has 2 aromatic heterocycles. The van der Waals surface area contributed by atoms with Gasteiger partial charge >= 0.3 is 0 Å². The van der Waals surface area contributed by atoms with E-state index in [-0.39, 0.29) is 16.8 Å². The van der Waals surface area contributed by atoms with Gasteiger partial charge in [-0.1, -0.05) is 35.8 Å². The van der Waals surface area contributed by atoms with Crippen LogP contribution in [-0.2, 0) is 11.2 Å². The van der Waals surface area contributed by atoms with Crippen molar-refractivity contribution in [2.75, 3.05) is 13.2 Å². The number of halogens is 2. The molecular weight excluding hydrogens is 441 g/mol. The molecule has 0 radical (unpaired) electrons. The first-order chi connectivity index (χ1) is 15.9. The van der Waals surface area contributed by atoms with Gasteiger partial charge in [0.25, 0.3) is 0 Å². The summed E-state index contributed by atoms with van der Waals surface area (Å²) in [7, 11) is 0. The Labute approximate surface area is 197 Å². The van der Waals surface area contributed by atoms with E-state index in [1.807, 2.05) is 19.9 Å². The molecule has 2 aromatic carbocycles. The average Bonchev–Trinajstić information content (AvgIpc) is 3.36. The Morgan fingerprint density at radius 3 is 2.64 bits per heavy atom. The van der Waals surface area contributed by atoms with E-state index >= 15 is 0 Å². The molecule has 1 saturated heterocycles. The second-order valence-corrected chi connectivity index (χ2v) is 9.35. The van der Waals surface area contributed by atoms with Gasteiger partial charge in [-0.05, 0) is 68.5 Å². The summed E-state index contributed by atoms with van der Waals surface area (Å²) in [6.07, 6.45) is 2.58. The predicted octanol–water partition coefficient (Wildman–Crippen LogP) is 6.80. The van der Waals surface area contributed by atoms with Crippen LogP contribution in [0.2, 0.25) is 5.02 Å². The Morgan fingerprint density at radius 1 is 1.15 bits per heavy atom. The Hall–Kier alpha value is -2.70. The van der Waals surface area contributed by atoms with Crippen LogP contribution in [0.3, 0.4) is 0 Å². The van der Waals surface area contributed by atoms with E-state index in [4.69, 9.17) is 25.8 Å². The highest BCUT2D eigenvalue weighted by Gasteiger charge is 2.25. The number of nitrogens with zero attached hydrogens (tertiary/aromatic N) is 3. The first-order valence-corrected chi connectivity index (χ1v) is 11.8. The van der Waals surface area contributed by atoms with E-state index in [0.29, 0.717) is 12.5 Å². The lowest BCUT2D eigenvalue weighted by Crippen LogP contribution is -2.22. The van der Waals surface area contributed by atoms with Crippen LogP contribution < -0.4 is 0 Å². The van der Waals surface area contributed by atoms with Crippen LogP contribution in [0.4, 0.5) is 4.39 Å². The fourth-order valence-electron chi connectivity index (χ4n) is 4.95. The highest BCUT2D eigenvalue weighted by atomic mass is 35.5. The summed E-state index contributed by atoms with van der Waals surface area (Å²) in [6, 6.07) is 11.8. The van der Waals surface area contributed by atoms with E-state index < -0.39 is 0 Å². The molecule has 0 spiro atoms. The van der Waals surface area contributed by atoms with Gasteiger partial charge in [0, 0.05) is 30.7 Å². The summed E-state index contributed by atoms with van der Waals surface area (Å²) in [5, 5.41) is 4.25. The minimum atomic E-state index is -0.386. The normalized spacial score (nSPS) is 15.9. The largest absolute Gasteiger partial charge is 0.381 e. The van der Waals surface area contributed by atoms with Crippen molar-refractivity contribution in [3.8, 4) is 11.1 Å². The van der Waals surface area contributed by atoms with Crippen LogP contribution in [0.1, 0.15) is 54.6 Å². The lowest BCUT2D eigenvalue weighted by atomic mass is 9.99. The quantitative estimate of drug-likeness (QED) is 0.324. The summed E-state index contributed by atoms with van der Waals surface area (Å²) in [6.45, 7) is 7.53. The van der Waals surface area contributed by atoms with Gasteiger partial charge in [0.15, 0.2) is 0 Å². The van der Waals surface area contributed by atoms with Crippen molar-refractivity contribution >= 4 is 22.6 Å². The van der Waals surface area contributed by atoms with Crippen molar-refractivity contribution in [2.24, 2.45) is 0 Å². The van der Waals surface area contributed by atoms with E-state index in [1.165, 1.54) is 6.07 Å². The molecule has 1 fully saturated rings. The number of fused-ring (bicyclic) bond motifs is 1. The number of hydrogen-bond donors (Lipinski definition) is 0. The van der Waals surface area contributed by atoms with Gasteiger partial charge in [-0.2, -0.15) is 0 Å². The third kappa shape index (κ3) is 4.18. The van der Waals surface area contributed by atoms with Crippen molar-refractivity contribution < 1.29 is 13.7 Å². The van der Waals surface area contributed by atoms with Gasteiger partial charge in [0.1, 0.15) is 17.4 Å². The van der Waals surface area contributed by atoms with Crippen LogP contribution in [0.25, 0.3) is 22.2 Å². The monoisotopic (exact) mass is 467 g/mol. The Balaban J connectivity index is 1.58. The fourth-order valence-corrected chi connectivity index (χ4v) is 5.07. The average molecular weight is 468 g/mol. The topological polar surface area (TPSA) is 53.1 Å². The molecule has 33 heavy (non-hydrogen) atoms. The van der Waals surface area contributed by atoms with E-state index in [9.17, 15) is 4.39 Å². The maximum Gasteiger partial charge on any atom is 0.142 e. The van der Waals surface area contributed by atoms with Crippen LogP contribution in [-0.4, -0.2) is 27.9 Å². The third-order valence-electron chi connectivity index (χ3n) is 6.56. The zero-order valence-corrected chi connectivity index (χ0v) is 19.8. The van der Waals surface area contributed by atoms with Crippen molar-refractivity contribution in [2.45, 2.75) is 52.0 Å². The molecule has 4 aromatic rings. The zero-order chi connectivity index (χ0) is 23.1. The molecule has 1 aliphatic heterocycles. The number of benzene rings is 2. The number of imidazole rings is 1. The molecule has 0 N–H and O–H groups in total. The Bertz CT molecular complexity index is 1290. The smallest absolute Gasteiger partial charge is 0.142 e. The van der Waals surface area contributed by atoms with Gasteiger partial charge in [0.2, 0.25) is 0 Å². The lowest BCUT2D eigenvalue weighted by Gasteiger charge is -2.27. The van der Waals surface area contributed by atoms with E-state index in [2.05, 4.69) is 34.8 Å². The summed E-state index contributed by atoms with van der Waals surface area (Å²) >= 11 is 5.88. The SMILES string of the molecule is Cc1noc(C)c1-c1ccc2c(c1)nc([C@H](C)Cc1ccc(Cl)c(F)c1)n2C1CCOCC1. The van der Waals surface area contributed by atoms with Crippen molar-refractivity contribution in [1.82, 2.24) is 14.7 Å². The number of hydrogen-bond acceptors (Lipinski definition) is 4. The van der Waals surface area contributed by atoms with Crippen LogP contribution in [0, 0.1) is 19.7 Å². The van der Waals surface area contributed by atoms with E-state index in [1.54, 1.807) is 6.07 Å². The minimum absolute atomic E-state index is 0.100.